The van der Waals surface area contributed by atoms with Crippen molar-refractivity contribution in [1.82, 2.24) is 5.16 Å². The highest BCUT2D eigenvalue weighted by Crippen LogP contribution is 2.25. The molecule has 4 nitrogen and oxygen atoms in total. The normalized spacial score (nSPS) is 10.8. The van der Waals surface area contributed by atoms with Gasteiger partial charge in [-0.3, -0.25) is 0 Å². The largest absolute Gasteiger partial charge is 0.399 e. The molecule has 0 amide bonds. The molecule has 12 heavy (non-hydrogen) atoms. The molecule has 1 heterocycles. The molecule has 5 heteroatoms. The van der Waals surface area contributed by atoms with Crippen molar-refractivity contribution >= 4 is 22.5 Å². The first kappa shape index (κ1) is 6.90. The van der Waals surface area contributed by atoms with Crippen molar-refractivity contribution in [1.29, 1.82) is 0 Å². The second kappa shape index (κ2) is 2.10. The Morgan fingerprint density at radius 1 is 1.33 bits per heavy atom. The number of nitrogen functional groups attached to an aromatic ring is 2. The summed E-state index contributed by atoms with van der Waals surface area (Å²) in [6, 6.07) is 2.67. The third-order valence-corrected chi connectivity index (χ3v) is 1.58. The fourth-order valence-corrected chi connectivity index (χ4v) is 1.07. The standard InChI is InChI=1S/C7H6FN3O/c8-4-1-3(9)2-5-6(4)7(10)12-11-5/h1-2H,9-10H2. The van der Waals surface area contributed by atoms with Gasteiger partial charge in [0.1, 0.15) is 16.7 Å². The zero-order valence-corrected chi connectivity index (χ0v) is 6.04. The molecule has 0 fully saturated rings. The molecular weight excluding hydrogens is 161 g/mol. The Labute approximate surface area is 66.9 Å². The van der Waals surface area contributed by atoms with Gasteiger partial charge in [0, 0.05) is 5.69 Å². The zero-order chi connectivity index (χ0) is 8.72. The molecule has 0 aliphatic carbocycles. The van der Waals surface area contributed by atoms with Gasteiger partial charge in [-0.25, -0.2) is 4.39 Å². The molecular formula is C7H6FN3O. The fraction of sp³-hybridized carbons (Fsp3) is 0. The second-order valence-electron chi connectivity index (χ2n) is 2.44. The Kier molecular flexibility index (Phi) is 1.21. The van der Waals surface area contributed by atoms with Crippen LogP contribution in [0.1, 0.15) is 0 Å². The van der Waals surface area contributed by atoms with Gasteiger partial charge in [-0.1, -0.05) is 5.16 Å². The Balaban J connectivity index is 2.93. The van der Waals surface area contributed by atoms with E-state index in [4.69, 9.17) is 11.5 Å². The molecule has 0 saturated heterocycles. The first-order chi connectivity index (χ1) is 5.68. The Morgan fingerprint density at radius 2 is 2.08 bits per heavy atom. The van der Waals surface area contributed by atoms with Gasteiger partial charge in [-0.15, -0.1) is 0 Å². The quantitative estimate of drug-likeness (QED) is 0.576. The van der Waals surface area contributed by atoms with E-state index in [1.165, 1.54) is 12.1 Å². The van der Waals surface area contributed by atoms with E-state index in [1.807, 2.05) is 0 Å². The average Bonchev–Trinajstić information content (AvgIpc) is 2.31. The number of rotatable bonds is 0. The smallest absolute Gasteiger partial charge is 0.232 e. The minimum Gasteiger partial charge on any atom is -0.399 e. The van der Waals surface area contributed by atoms with Crippen LogP contribution in [0.15, 0.2) is 16.7 Å². The van der Waals surface area contributed by atoms with E-state index in [0.29, 0.717) is 11.2 Å². The minimum absolute atomic E-state index is 0.0255. The molecule has 0 unspecified atom stereocenters. The Hall–Kier alpha value is -1.78. The van der Waals surface area contributed by atoms with Gasteiger partial charge in [0.25, 0.3) is 0 Å². The van der Waals surface area contributed by atoms with Crippen molar-refractivity contribution < 1.29 is 8.91 Å². The number of hydrogen-bond acceptors (Lipinski definition) is 4. The fourth-order valence-electron chi connectivity index (χ4n) is 1.07. The number of fused-ring (bicyclic) bond motifs is 1. The van der Waals surface area contributed by atoms with Crippen LogP contribution < -0.4 is 11.5 Å². The number of hydrogen-bond donors (Lipinski definition) is 2. The highest BCUT2D eigenvalue weighted by Gasteiger charge is 2.10. The monoisotopic (exact) mass is 167 g/mol. The molecule has 0 aliphatic heterocycles. The molecule has 1 aromatic carbocycles. The van der Waals surface area contributed by atoms with Gasteiger partial charge in [-0.2, -0.15) is 0 Å². The number of aromatic nitrogens is 1. The number of halogens is 1. The molecule has 2 rings (SSSR count). The summed E-state index contributed by atoms with van der Waals surface area (Å²) < 4.78 is 17.7. The molecule has 4 N–H and O–H groups in total. The van der Waals surface area contributed by atoms with Crippen LogP contribution in [-0.2, 0) is 0 Å². The van der Waals surface area contributed by atoms with Crippen LogP contribution >= 0.6 is 0 Å². The molecule has 0 spiro atoms. The predicted molar refractivity (Wildman–Crippen MR) is 42.8 cm³/mol. The van der Waals surface area contributed by atoms with Gasteiger partial charge in [0.15, 0.2) is 0 Å². The summed E-state index contributed by atoms with van der Waals surface area (Å²) in [6.07, 6.45) is 0. The lowest BCUT2D eigenvalue weighted by Crippen LogP contribution is -1.88. The molecule has 0 aliphatic rings. The van der Waals surface area contributed by atoms with Crippen LogP contribution in [0.25, 0.3) is 10.9 Å². The van der Waals surface area contributed by atoms with Gasteiger partial charge in [0.2, 0.25) is 5.88 Å². The van der Waals surface area contributed by atoms with Crippen molar-refractivity contribution in [3.8, 4) is 0 Å². The van der Waals surface area contributed by atoms with Gasteiger partial charge in [0.05, 0.1) is 0 Å². The Bertz CT molecular complexity index is 437. The molecule has 0 radical (unpaired) electrons. The molecule has 1 aromatic heterocycles. The molecule has 62 valence electrons. The summed E-state index contributed by atoms with van der Waals surface area (Å²) in [5, 5.41) is 3.70. The van der Waals surface area contributed by atoms with Crippen molar-refractivity contribution in [3.05, 3.63) is 17.9 Å². The van der Waals surface area contributed by atoms with Crippen LogP contribution in [0.5, 0.6) is 0 Å². The zero-order valence-electron chi connectivity index (χ0n) is 6.04. The van der Waals surface area contributed by atoms with E-state index in [9.17, 15) is 4.39 Å². The first-order valence-corrected chi connectivity index (χ1v) is 3.28. The third-order valence-electron chi connectivity index (χ3n) is 1.58. The molecule has 0 bridgehead atoms. The number of nitrogens with two attached hydrogens (primary N) is 2. The van der Waals surface area contributed by atoms with Gasteiger partial charge in [-0.05, 0) is 12.1 Å². The maximum atomic E-state index is 13.1. The highest BCUT2D eigenvalue weighted by molar-refractivity contribution is 5.89. The van der Waals surface area contributed by atoms with Gasteiger partial charge >= 0.3 is 0 Å². The van der Waals surface area contributed by atoms with Crippen LogP contribution in [-0.4, -0.2) is 5.16 Å². The number of anilines is 2. The highest BCUT2D eigenvalue weighted by atomic mass is 19.1. The first-order valence-electron chi connectivity index (χ1n) is 3.28. The summed E-state index contributed by atoms with van der Waals surface area (Å²) in [5.41, 5.74) is 11.3. The summed E-state index contributed by atoms with van der Waals surface area (Å²) in [7, 11) is 0. The number of benzene rings is 1. The van der Waals surface area contributed by atoms with E-state index < -0.39 is 5.82 Å². The summed E-state index contributed by atoms with van der Waals surface area (Å²) in [5.74, 6) is -0.536. The molecule has 2 aromatic rings. The van der Waals surface area contributed by atoms with E-state index in [0.717, 1.165) is 0 Å². The minimum atomic E-state index is -0.510. The van der Waals surface area contributed by atoms with Crippen molar-refractivity contribution in [2.45, 2.75) is 0 Å². The Morgan fingerprint density at radius 3 is 2.83 bits per heavy atom. The van der Waals surface area contributed by atoms with Crippen LogP contribution in [0.4, 0.5) is 16.0 Å². The predicted octanol–water partition coefficient (Wildman–Crippen LogP) is 1.13. The van der Waals surface area contributed by atoms with E-state index in [2.05, 4.69) is 9.68 Å². The second-order valence-corrected chi connectivity index (χ2v) is 2.44. The van der Waals surface area contributed by atoms with Crippen molar-refractivity contribution in [2.24, 2.45) is 0 Å². The van der Waals surface area contributed by atoms with Crippen LogP contribution in [0, 0.1) is 5.82 Å². The maximum Gasteiger partial charge on any atom is 0.232 e. The lowest BCUT2D eigenvalue weighted by atomic mass is 10.2. The lowest BCUT2D eigenvalue weighted by molar-refractivity contribution is 0.445. The van der Waals surface area contributed by atoms with Crippen LogP contribution in [0.3, 0.4) is 0 Å². The SMILES string of the molecule is Nc1cc(F)c2c(N)onc2c1. The lowest BCUT2D eigenvalue weighted by Gasteiger charge is -1.93. The molecule has 0 atom stereocenters. The maximum absolute atomic E-state index is 13.1. The van der Waals surface area contributed by atoms with Gasteiger partial charge < -0.3 is 16.0 Å². The van der Waals surface area contributed by atoms with Crippen molar-refractivity contribution in [3.63, 3.8) is 0 Å². The topological polar surface area (TPSA) is 78.1 Å². The van der Waals surface area contributed by atoms with E-state index >= 15 is 0 Å². The summed E-state index contributed by atoms with van der Waals surface area (Å²) >= 11 is 0. The average molecular weight is 167 g/mol. The van der Waals surface area contributed by atoms with E-state index in [1.54, 1.807) is 0 Å². The molecule has 0 saturated carbocycles. The summed E-state index contributed by atoms with van der Waals surface area (Å²) in [6.45, 7) is 0. The third kappa shape index (κ3) is 0.795. The summed E-state index contributed by atoms with van der Waals surface area (Å²) in [4.78, 5) is 0. The van der Waals surface area contributed by atoms with E-state index in [-0.39, 0.29) is 11.3 Å². The van der Waals surface area contributed by atoms with Crippen LogP contribution in [0.2, 0.25) is 0 Å². The van der Waals surface area contributed by atoms with Crippen molar-refractivity contribution in [2.75, 3.05) is 11.5 Å². The number of nitrogens with zero attached hydrogens (tertiary/aromatic N) is 1.